The van der Waals surface area contributed by atoms with E-state index in [1.807, 2.05) is 18.2 Å². The van der Waals surface area contributed by atoms with Gasteiger partial charge in [0.25, 0.3) is 0 Å². The fraction of sp³-hybridized carbons (Fsp3) is 0.344. The van der Waals surface area contributed by atoms with Crippen LogP contribution in [0.3, 0.4) is 0 Å². The molecule has 192 valence electrons. The Morgan fingerprint density at radius 1 is 0.865 bits per heavy atom. The standard InChI is InChI=1S/C32H35ClN2O2/c1-31(2)24-18-22(36-5)12-14-26(24)34-28(31)16-10-20-8-7-9-21(30(20)33)11-17-29-32(3,4)25-19-23(37-6)13-15-27(25)35-29/h10-19,34H,7-9H2,1-6H3/b17-11+,20-10+,28-16-. The van der Waals surface area contributed by atoms with E-state index in [0.717, 1.165) is 64.2 Å². The van der Waals surface area contributed by atoms with Gasteiger partial charge in [0.1, 0.15) is 11.5 Å². The molecule has 2 aliphatic heterocycles. The van der Waals surface area contributed by atoms with Gasteiger partial charge in [0.2, 0.25) is 0 Å². The number of anilines is 1. The number of nitrogens with zero attached hydrogens (tertiary/aromatic N) is 1. The smallest absolute Gasteiger partial charge is 0.119 e. The van der Waals surface area contributed by atoms with Gasteiger partial charge in [0.05, 0.1) is 25.6 Å². The Balaban J connectivity index is 1.39. The van der Waals surface area contributed by atoms with Crippen LogP contribution in [0.25, 0.3) is 0 Å². The number of hydrogen-bond donors (Lipinski definition) is 1. The predicted molar refractivity (Wildman–Crippen MR) is 155 cm³/mol. The van der Waals surface area contributed by atoms with E-state index in [2.05, 4.69) is 75.5 Å². The molecule has 1 N–H and O–H groups in total. The zero-order valence-electron chi connectivity index (χ0n) is 22.5. The topological polar surface area (TPSA) is 42.8 Å². The van der Waals surface area contributed by atoms with Crippen molar-refractivity contribution >= 4 is 28.7 Å². The van der Waals surface area contributed by atoms with Crippen LogP contribution in [-0.2, 0) is 10.8 Å². The van der Waals surface area contributed by atoms with Crippen LogP contribution in [0.15, 0.2) is 87.6 Å². The van der Waals surface area contributed by atoms with E-state index in [4.69, 9.17) is 26.1 Å². The molecule has 0 saturated carbocycles. The Morgan fingerprint density at radius 3 is 2.30 bits per heavy atom. The van der Waals surface area contributed by atoms with Crippen LogP contribution in [0.1, 0.15) is 58.1 Å². The maximum atomic E-state index is 6.96. The third-order valence-corrected chi connectivity index (χ3v) is 8.44. The molecular weight excluding hydrogens is 480 g/mol. The van der Waals surface area contributed by atoms with E-state index in [1.165, 1.54) is 16.7 Å². The molecule has 0 bridgehead atoms. The summed E-state index contributed by atoms with van der Waals surface area (Å²) in [5.41, 5.74) is 8.76. The molecule has 0 spiro atoms. The molecule has 5 rings (SSSR count). The van der Waals surface area contributed by atoms with Crippen molar-refractivity contribution in [3.05, 3.63) is 93.7 Å². The number of allylic oxidation sites excluding steroid dienone is 8. The monoisotopic (exact) mass is 514 g/mol. The minimum Gasteiger partial charge on any atom is -0.497 e. The molecule has 0 unspecified atom stereocenters. The Bertz CT molecular complexity index is 1410. The third kappa shape index (κ3) is 4.53. The summed E-state index contributed by atoms with van der Waals surface area (Å²) in [5, 5.41) is 4.44. The molecule has 4 nitrogen and oxygen atoms in total. The van der Waals surface area contributed by atoms with Gasteiger partial charge in [0.15, 0.2) is 0 Å². The number of rotatable bonds is 5. The highest BCUT2D eigenvalue weighted by Gasteiger charge is 2.35. The predicted octanol–water partition coefficient (Wildman–Crippen LogP) is 8.51. The first-order valence-corrected chi connectivity index (χ1v) is 13.2. The summed E-state index contributed by atoms with van der Waals surface area (Å²) in [6.07, 6.45) is 11.7. The summed E-state index contributed by atoms with van der Waals surface area (Å²) in [5.74, 6) is 1.73. The normalized spacial score (nSPS) is 21.8. The van der Waals surface area contributed by atoms with Crippen molar-refractivity contribution in [1.29, 1.82) is 0 Å². The molecule has 0 aromatic heterocycles. The summed E-state index contributed by atoms with van der Waals surface area (Å²) >= 11 is 6.96. The van der Waals surface area contributed by atoms with Gasteiger partial charge in [-0.25, -0.2) is 0 Å². The van der Waals surface area contributed by atoms with Crippen LogP contribution in [0, 0.1) is 0 Å². The van der Waals surface area contributed by atoms with Gasteiger partial charge >= 0.3 is 0 Å². The average Bonchev–Trinajstić information content (AvgIpc) is 3.30. The molecule has 0 saturated heterocycles. The van der Waals surface area contributed by atoms with E-state index in [1.54, 1.807) is 14.2 Å². The molecule has 0 fully saturated rings. The molecule has 0 atom stereocenters. The van der Waals surface area contributed by atoms with Crippen molar-refractivity contribution in [2.75, 3.05) is 19.5 Å². The molecule has 0 amide bonds. The second kappa shape index (κ2) is 9.57. The van der Waals surface area contributed by atoms with E-state index < -0.39 is 0 Å². The first-order chi connectivity index (χ1) is 17.6. The fourth-order valence-electron chi connectivity index (χ4n) is 5.44. The van der Waals surface area contributed by atoms with Crippen LogP contribution in [0.2, 0.25) is 0 Å². The maximum absolute atomic E-state index is 6.96. The number of methoxy groups -OCH3 is 2. The lowest BCUT2D eigenvalue weighted by molar-refractivity contribution is 0.413. The molecule has 5 heteroatoms. The number of benzene rings is 2. The quantitative estimate of drug-likeness (QED) is 0.434. The zero-order valence-corrected chi connectivity index (χ0v) is 23.3. The number of ether oxygens (including phenoxy) is 2. The second-order valence-corrected chi connectivity index (χ2v) is 11.3. The Labute approximate surface area is 225 Å². The van der Waals surface area contributed by atoms with Crippen LogP contribution >= 0.6 is 11.6 Å². The molecule has 2 heterocycles. The van der Waals surface area contributed by atoms with Crippen molar-refractivity contribution in [2.45, 2.75) is 57.8 Å². The molecule has 3 aliphatic rings. The van der Waals surface area contributed by atoms with Crippen molar-refractivity contribution < 1.29 is 9.47 Å². The van der Waals surface area contributed by atoms with Crippen LogP contribution in [0.5, 0.6) is 11.5 Å². The van der Waals surface area contributed by atoms with Crippen molar-refractivity contribution in [1.82, 2.24) is 0 Å². The molecule has 2 aromatic carbocycles. The fourth-order valence-corrected chi connectivity index (χ4v) is 5.75. The minimum atomic E-state index is -0.192. The summed E-state index contributed by atoms with van der Waals surface area (Å²) in [4.78, 5) is 4.91. The van der Waals surface area contributed by atoms with Crippen molar-refractivity contribution in [2.24, 2.45) is 4.99 Å². The first-order valence-electron chi connectivity index (χ1n) is 12.9. The molecular formula is C32H35ClN2O2. The second-order valence-electron chi connectivity index (χ2n) is 11.0. The van der Waals surface area contributed by atoms with E-state index in [9.17, 15) is 0 Å². The third-order valence-electron chi connectivity index (χ3n) is 7.95. The molecule has 1 aliphatic carbocycles. The highest BCUT2D eigenvalue weighted by molar-refractivity contribution is 6.32. The van der Waals surface area contributed by atoms with Crippen molar-refractivity contribution in [3.8, 4) is 11.5 Å². The van der Waals surface area contributed by atoms with Gasteiger partial charge in [-0.3, -0.25) is 4.99 Å². The molecule has 37 heavy (non-hydrogen) atoms. The molecule has 2 aromatic rings. The lowest BCUT2D eigenvalue weighted by Crippen LogP contribution is -2.23. The summed E-state index contributed by atoms with van der Waals surface area (Å²) < 4.78 is 10.9. The van der Waals surface area contributed by atoms with Gasteiger partial charge in [-0.2, -0.15) is 0 Å². The lowest BCUT2D eigenvalue weighted by atomic mass is 9.81. The van der Waals surface area contributed by atoms with E-state index in [0.29, 0.717) is 0 Å². The number of nitrogens with one attached hydrogen (secondary N) is 1. The average molecular weight is 515 g/mol. The van der Waals surface area contributed by atoms with Crippen LogP contribution in [-0.4, -0.2) is 19.9 Å². The van der Waals surface area contributed by atoms with Gasteiger partial charge < -0.3 is 14.8 Å². The summed E-state index contributed by atoms with van der Waals surface area (Å²) in [6, 6.07) is 12.3. The van der Waals surface area contributed by atoms with Gasteiger partial charge in [-0.15, -0.1) is 0 Å². The van der Waals surface area contributed by atoms with E-state index in [-0.39, 0.29) is 10.8 Å². The number of fused-ring (bicyclic) bond motifs is 2. The number of hydrogen-bond acceptors (Lipinski definition) is 4. The zero-order chi connectivity index (χ0) is 26.4. The number of halogens is 1. The maximum Gasteiger partial charge on any atom is 0.119 e. The SMILES string of the molecule is COc1ccc2c(c1)C(C)(C)C(/C=C/C1=C(Cl)C(=C/C=C3\Nc4ccc(OC)cc4C3(C)C)/CCC1)=N2. The lowest BCUT2D eigenvalue weighted by Gasteiger charge is -2.22. The van der Waals surface area contributed by atoms with Gasteiger partial charge in [-0.1, -0.05) is 51.4 Å². The largest absolute Gasteiger partial charge is 0.497 e. The molecule has 0 radical (unpaired) electrons. The van der Waals surface area contributed by atoms with Gasteiger partial charge in [0, 0.05) is 27.2 Å². The first kappa shape index (κ1) is 25.4. The number of aliphatic imine (C=N–C) groups is 1. The highest BCUT2D eigenvalue weighted by Crippen LogP contribution is 2.45. The Morgan fingerprint density at radius 2 is 1.57 bits per heavy atom. The van der Waals surface area contributed by atoms with Crippen LogP contribution in [0.4, 0.5) is 11.4 Å². The highest BCUT2D eigenvalue weighted by atomic mass is 35.5. The van der Waals surface area contributed by atoms with E-state index >= 15 is 0 Å². The summed E-state index contributed by atoms with van der Waals surface area (Å²) in [6.45, 7) is 8.89. The Hall–Kier alpha value is -3.24. The van der Waals surface area contributed by atoms with Crippen molar-refractivity contribution in [3.63, 3.8) is 0 Å². The minimum absolute atomic E-state index is 0.140. The Kier molecular flexibility index (Phi) is 6.57. The summed E-state index contributed by atoms with van der Waals surface area (Å²) in [7, 11) is 3.40. The van der Waals surface area contributed by atoms with Gasteiger partial charge in [-0.05, 0) is 90.1 Å². The van der Waals surface area contributed by atoms with Crippen LogP contribution < -0.4 is 14.8 Å².